The zero-order valence-corrected chi connectivity index (χ0v) is 12.9. The molecule has 0 aliphatic rings. The van der Waals surface area contributed by atoms with Crippen molar-refractivity contribution in [3.05, 3.63) is 32.7 Å². The zero-order valence-electron chi connectivity index (χ0n) is 10.6. The van der Waals surface area contributed by atoms with Gasteiger partial charge in [-0.05, 0) is 29.5 Å². The zero-order chi connectivity index (χ0) is 13.4. The molecule has 98 valence electrons. The third-order valence-electron chi connectivity index (χ3n) is 3.44. The third-order valence-corrected chi connectivity index (χ3v) is 4.76. The number of alkyl halides is 1. The van der Waals surface area contributed by atoms with Gasteiger partial charge < -0.3 is 9.97 Å². The minimum absolute atomic E-state index is 0.0813. The molecule has 1 heterocycles. The molecular formula is C13H16BrClN2O. The number of fused-ring (bicyclic) bond motifs is 1. The van der Waals surface area contributed by atoms with Gasteiger partial charge in [-0.25, -0.2) is 4.79 Å². The fourth-order valence-corrected chi connectivity index (χ4v) is 3.10. The molecule has 1 aromatic carbocycles. The fourth-order valence-electron chi connectivity index (χ4n) is 1.91. The normalized spacial score (nSPS) is 15.2. The lowest BCUT2D eigenvalue weighted by molar-refractivity contribution is 0.406. The van der Waals surface area contributed by atoms with Crippen molar-refractivity contribution in [3.8, 4) is 0 Å². The molecule has 2 N–H and O–H groups in total. The van der Waals surface area contributed by atoms with Crippen LogP contribution in [0.3, 0.4) is 0 Å². The number of halogens is 2. The maximum absolute atomic E-state index is 11.3. The van der Waals surface area contributed by atoms with Gasteiger partial charge in [0.2, 0.25) is 0 Å². The fraction of sp³-hybridized carbons (Fsp3) is 0.462. The summed E-state index contributed by atoms with van der Waals surface area (Å²) in [6.45, 7) is 6.45. The molecular weight excluding hydrogens is 316 g/mol. The van der Waals surface area contributed by atoms with Gasteiger partial charge in [0.1, 0.15) is 0 Å². The van der Waals surface area contributed by atoms with Crippen LogP contribution < -0.4 is 5.69 Å². The summed E-state index contributed by atoms with van der Waals surface area (Å²) in [7, 11) is 0. The van der Waals surface area contributed by atoms with E-state index in [0.717, 1.165) is 21.1 Å². The predicted octanol–water partition coefficient (Wildman–Crippen LogP) is 4.19. The van der Waals surface area contributed by atoms with Crippen molar-refractivity contribution < 1.29 is 0 Å². The van der Waals surface area contributed by atoms with E-state index in [9.17, 15) is 4.79 Å². The number of rotatable bonds is 3. The second kappa shape index (κ2) is 5.10. The molecule has 18 heavy (non-hydrogen) atoms. The van der Waals surface area contributed by atoms with Crippen LogP contribution in [-0.4, -0.2) is 9.97 Å². The highest BCUT2D eigenvalue weighted by Crippen LogP contribution is 2.38. The number of aromatic nitrogens is 2. The summed E-state index contributed by atoms with van der Waals surface area (Å²) in [5.74, 6) is 0.853. The van der Waals surface area contributed by atoms with Crippen molar-refractivity contribution >= 4 is 38.6 Å². The molecule has 1 aromatic heterocycles. The molecule has 2 unspecified atom stereocenters. The molecule has 2 atom stereocenters. The van der Waals surface area contributed by atoms with E-state index in [1.807, 2.05) is 12.1 Å². The molecule has 0 bridgehead atoms. The van der Waals surface area contributed by atoms with Crippen LogP contribution in [0.4, 0.5) is 0 Å². The Morgan fingerprint density at radius 2 is 1.72 bits per heavy atom. The lowest BCUT2D eigenvalue weighted by Crippen LogP contribution is -2.11. The summed E-state index contributed by atoms with van der Waals surface area (Å²) in [5.41, 5.74) is 2.40. The monoisotopic (exact) mass is 330 g/mol. The van der Waals surface area contributed by atoms with Crippen LogP contribution >= 0.6 is 27.5 Å². The van der Waals surface area contributed by atoms with Gasteiger partial charge in [0.15, 0.2) is 0 Å². The number of H-pyrrole nitrogens is 2. The van der Waals surface area contributed by atoms with Gasteiger partial charge in [0, 0.05) is 4.47 Å². The van der Waals surface area contributed by atoms with Gasteiger partial charge in [-0.2, -0.15) is 0 Å². The van der Waals surface area contributed by atoms with E-state index >= 15 is 0 Å². The highest BCUT2D eigenvalue weighted by Gasteiger charge is 2.22. The smallest absolute Gasteiger partial charge is 0.306 e. The standard InChI is InChI=1S/C13H16BrClN2O/c1-6(2)7(3)12(15)8-4-10-11(5-9(8)14)17-13(18)16-10/h4-7,12H,1-3H3,(H2,16,17,18). The maximum atomic E-state index is 11.3. The first-order chi connectivity index (χ1) is 8.40. The Labute approximate surface area is 119 Å². The average Bonchev–Trinajstić information content (AvgIpc) is 2.65. The van der Waals surface area contributed by atoms with Crippen LogP contribution in [0.5, 0.6) is 0 Å². The number of benzene rings is 1. The van der Waals surface area contributed by atoms with E-state index in [1.165, 1.54) is 0 Å². The molecule has 5 heteroatoms. The molecule has 3 nitrogen and oxygen atoms in total. The van der Waals surface area contributed by atoms with Crippen molar-refractivity contribution in [2.75, 3.05) is 0 Å². The van der Waals surface area contributed by atoms with E-state index in [-0.39, 0.29) is 11.1 Å². The van der Waals surface area contributed by atoms with Crippen molar-refractivity contribution in [1.82, 2.24) is 9.97 Å². The molecule has 0 aliphatic carbocycles. The summed E-state index contributed by atoms with van der Waals surface area (Å²) < 4.78 is 0.928. The van der Waals surface area contributed by atoms with Gasteiger partial charge in [0.25, 0.3) is 0 Å². The highest BCUT2D eigenvalue weighted by atomic mass is 79.9. The van der Waals surface area contributed by atoms with E-state index in [1.54, 1.807) is 0 Å². The Kier molecular flexibility index (Phi) is 3.87. The van der Waals surface area contributed by atoms with Gasteiger partial charge in [-0.15, -0.1) is 11.6 Å². The van der Waals surface area contributed by atoms with Crippen molar-refractivity contribution in [1.29, 1.82) is 0 Å². The Hall–Kier alpha value is -0.740. The minimum atomic E-state index is -0.197. The number of nitrogens with one attached hydrogen (secondary N) is 2. The molecule has 2 rings (SSSR count). The topological polar surface area (TPSA) is 48.6 Å². The van der Waals surface area contributed by atoms with Gasteiger partial charge >= 0.3 is 5.69 Å². The van der Waals surface area contributed by atoms with Crippen molar-refractivity contribution in [2.45, 2.75) is 26.1 Å². The van der Waals surface area contributed by atoms with Gasteiger partial charge in [0.05, 0.1) is 16.4 Å². The Morgan fingerprint density at radius 1 is 1.17 bits per heavy atom. The molecule has 0 aliphatic heterocycles. The van der Waals surface area contributed by atoms with Crippen LogP contribution in [0.1, 0.15) is 31.7 Å². The lowest BCUT2D eigenvalue weighted by Gasteiger charge is -2.22. The SMILES string of the molecule is CC(C)C(C)C(Cl)c1cc2[nH]c(=O)[nH]c2cc1Br. The average molecular weight is 332 g/mol. The van der Waals surface area contributed by atoms with Crippen LogP contribution in [0.15, 0.2) is 21.4 Å². The quantitative estimate of drug-likeness (QED) is 0.814. The molecule has 0 saturated carbocycles. The van der Waals surface area contributed by atoms with E-state index in [4.69, 9.17) is 11.6 Å². The number of imidazole rings is 1. The number of hydrogen-bond acceptors (Lipinski definition) is 1. The van der Waals surface area contributed by atoms with Gasteiger partial charge in [-0.1, -0.05) is 36.7 Å². The summed E-state index contributed by atoms with van der Waals surface area (Å²) in [5, 5.41) is -0.0813. The second-order valence-corrected chi connectivity index (χ2v) is 6.33. The molecule has 0 saturated heterocycles. The van der Waals surface area contributed by atoms with Crippen LogP contribution in [0.25, 0.3) is 11.0 Å². The third kappa shape index (κ3) is 2.50. The summed E-state index contributed by atoms with van der Waals surface area (Å²) in [4.78, 5) is 16.8. The number of hydrogen-bond donors (Lipinski definition) is 2. The first kappa shape index (κ1) is 13.7. The second-order valence-electron chi connectivity index (χ2n) is 5.00. The summed E-state index contributed by atoms with van der Waals surface area (Å²) >= 11 is 10.1. The lowest BCUT2D eigenvalue weighted by atomic mass is 9.90. The van der Waals surface area contributed by atoms with E-state index < -0.39 is 0 Å². The first-order valence-electron chi connectivity index (χ1n) is 5.95. The predicted molar refractivity (Wildman–Crippen MR) is 79.2 cm³/mol. The van der Waals surface area contributed by atoms with Crippen LogP contribution in [-0.2, 0) is 0 Å². The largest absolute Gasteiger partial charge is 0.323 e. The summed E-state index contributed by atoms with van der Waals surface area (Å²) in [6, 6.07) is 3.83. The van der Waals surface area contributed by atoms with Crippen LogP contribution in [0, 0.1) is 11.8 Å². The molecule has 2 aromatic rings. The molecule has 0 radical (unpaired) electrons. The molecule has 0 spiro atoms. The summed E-state index contributed by atoms with van der Waals surface area (Å²) in [6.07, 6.45) is 0. The number of aromatic amines is 2. The Bertz CT molecular complexity index is 617. The van der Waals surface area contributed by atoms with Crippen LogP contribution in [0.2, 0.25) is 0 Å². The molecule has 0 amide bonds. The Morgan fingerprint density at radius 3 is 2.28 bits per heavy atom. The van der Waals surface area contributed by atoms with E-state index in [2.05, 4.69) is 46.7 Å². The van der Waals surface area contributed by atoms with Crippen molar-refractivity contribution in [3.63, 3.8) is 0 Å². The maximum Gasteiger partial charge on any atom is 0.323 e. The molecule has 0 fully saturated rings. The van der Waals surface area contributed by atoms with Gasteiger partial charge in [-0.3, -0.25) is 0 Å². The Balaban J connectivity index is 2.50. The minimum Gasteiger partial charge on any atom is -0.306 e. The van der Waals surface area contributed by atoms with E-state index in [0.29, 0.717) is 11.8 Å². The highest BCUT2D eigenvalue weighted by molar-refractivity contribution is 9.10. The van der Waals surface area contributed by atoms with Crippen molar-refractivity contribution in [2.24, 2.45) is 11.8 Å². The first-order valence-corrected chi connectivity index (χ1v) is 7.18.